The van der Waals surface area contributed by atoms with Crippen molar-refractivity contribution < 1.29 is 9.66 Å². The number of hydrogen-bond donors (Lipinski definition) is 0. The fourth-order valence-corrected chi connectivity index (χ4v) is 2.09. The molecule has 0 N–H and O–H groups in total. The molecule has 98 valence electrons. The van der Waals surface area contributed by atoms with Gasteiger partial charge in [-0.3, -0.25) is 10.1 Å². The molecular formula is C12H17N3O3. The average molecular weight is 251 g/mol. The van der Waals surface area contributed by atoms with E-state index < -0.39 is 4.92 Å². The Balaban J connectivity index is 2.04. The van der Waals surface area contributed by atoms with Crippen LogP contribution in [0.15, 0.2) is 18.3 Å². The molecule has 1 aromatic rings. The third kappa shape index (κ3) is 2.95. The van der Waals surface area contributed by atoms with Crippen molar-refractivity contribution in [3.63, 3.8) is 0 Å². The minimum atomic E-state index is -0.437. The van der Waals surface area contributed by atoms with Gasteiger partial charge in [0.05, 0.1) is 11.0 Å². The normalized spacial score (nSPS) is 18.8. The molecule has 0 bridgehead atoms. The smallest absolute Gasteiger partial charge is 0.287 e. The number of ether oxygens (including phenoxy) is 1. The van der Waals surface area contributed by atoms with Crippen LogP contribution in [0.4, 0.5) is 11.5 Å². The van der Waals surface area contributed by atoms with Crippen LogP contribution in [0.1, 0.15) is 19.8 Å². The van der Waals surface area contributed by atoms with Crippen LogP contribution < -0.4 is 4.90 Å². The highest BCUT2D eigenvalue weighted by molar-refractivity contribution is 5.42. The lowest BCUT2D eigenvalue weighted by atomic mass is 10.2. The van der Waals surface area contributed by atoms with Gasteiger partial charge in [-0.15, -0.1) is 0 Å². The number of rotatable bonds is 5. The van der Waals surface area contributed by atoms with E-state index in [9.17, 15) is 10.1 Å². The van der Waals surface area contributed by atoms with Gasteiger partial charge in [0.15, 0.2) is 0 Å². The van der Waals surface area contributed by atoms with Gasteiger partial charge in [-0.1, -0.05) is 0 Å². The molecule has 0 amide bonds. The first-order valence-corrected chi connectivity index (χ1v) is 6.17. The summed E-state index contributed by atoms with van der Waals surface area (Å²) in [7, 11) is 0. The van der Waals surface area contributed by atoms with E-state index in [1.54, 1.807) is 6.07 Å². The molecule has 1 aromatic heterocycles. The number of anilines is 1. The summed E-state index contributed by atoms with van der Waals surface area (Å²) in [5.41, 5.74) is 0.0203. The van der Waals surface area contributed by atoms with Crippen LogP contribution in [-0.2, 0) is 4.74 Å². The molecule has 2 heterocycles. The summed E-state index contributed by atoms with van der Waals surface area (Å²) in [6.07, 6.45) is 3.73. The van der Waals surface area contributed by atoms with Crippen molar-refractivity contribution >= 4 is 11.5 Å². The van der Waals surface area contributed by atoms with Crippen molar-refractivity contribution in [1.29, 1.82) is 0 Å². The van der Waals surface area contributed by atoms with E-state index in [1.165, 1.54) is 12.3 Å². The van der Waals surface area contributed by atoms with Gasteiger partial charge in [0.25, 0.3) is 5.69 Å². The Kier molecular flexibility index (Phi) is 4.09. The van der Waals surface area contributed by atoms with Crippen molar-refractivity contribution in [2.24, 2.45) is 0 Å². The minimum Gasteiger partial charge on any atom is -0.376 e. The topological polar surface area (TPSA) is 68.5 Å². The summed E-state index contributed by atoms with van der Waals surface area (Å²) >= 11 is 0. The minimum absolute atomic E-state index is 0.0203. The summed E-state index contributed by atoms with van der Waals surface area (Å²) < 4.78 is 5.59. The number of aromatic nitrogens is 1. The molecule has 1 fully saturated rings. The molecule has 0 radical (unpaired) electrons. The second-order valence-electron chi connectivity index (χ2n) is 4.31. The lowest BCUT2D eigenvalue weighted by Crippen LogP contribution is -2.32. The number of nitro groups is 1. The van der Waals surface area contributed by atoms with Crippen LogP contribution in [0.2, 0.25) is 0 Å². The van der Waals surface area contributed by atoms with Crippen LogP contribution in [0.3, 0.4) is 0 Å². The Hall–Kier alpha value is -1.69. The molecule has 1 unspecified atom stereocenters. The van der Waals surface area contributed by atoms with Crippen LogP contribution in [0.25, 0.3) is 0 Å². The molecule has 6 nitrogen and oxygen atoms in total. The third-order valence-electron chi connectivity index (χ3n) is 3.10. The second kappa shape index (κ2) is 5.77. The lowest BCUT2D eigenvalue weighted by Gasteiger charge is -2.24. The Bertz CT molecular complexity index is 402. The predicted molar refractivity (Wildman–Crippen MR) is 67.8 cm³/mol. The van der Waals surface area contributed by atoms with Gasteiger partial charge in [0.2, 0.25) is 0 Å². The molecule has 6 heteroatoms. The fourth-order valence-electron chi connectivity index (χ4n) is 2.09. The predicted octanol–water partition coefficient (Wildman–Crippen LogP) is 2.00. The van der Waals surface area contributed by atoms with E-state index in [-0.39, 0.29) is 11.8 Å². The molecule has 2 rings (SSSR count). The summed E-state index contributed by atoms with van der Waals surface area (Å²) in [5, 5.41) is 10.6. The van der Waals surface area contributed by atoms with E-state index in [4.69, 9.17) is 4.74 Å². The van der Waals surface area contributed by atoms with Gasteiger partial charge in [-0.2, -0.15) is 0 Å². The third-order valence-corrected chi connectivity index (χ3v) is 3.10. The molecule has 1 saturated heterocycles. The standard InChI is InChI=1S/C12H17N3O3/c1-2-14(9-11-4-3-7-18-11)12-6-5-10(8-13-12)15(16)17/h5-6,8,11H,2-4,7,9H2,1H3. The molecule has 18 heavy (non-hydrogen) atoms. The zero-order valence-electron chi connectivity index (χ0n) is 10.4. The molecule has 1 aliphatic heterocycles. The zero-order chi connectivity index (χ0) is 13.0. The quantitative estimate of drug-likeness (QED) is 0.591. The largest absolute Gasteiger partial charge is 0.376 e. The van der Waals surface area contributed by atoms with E-state index in [2.05, 4.69) is 9.88 Å². The maximum Gasteiger partial charge on any atom is 0.287 e. The average Bonchev–Trinajstić information content (AvgIpc) is 2.89. The molecule has 0 aliphatic carbocycles. The van der Waals surface area contributed by atoms with Gasteiger partial charge in [-0.05, 0) is 25.8 Å². The van der Waals surface area contributed by atoms with Gasteiger partial charge in [0.1, 0.15) is 12.0 Å². The highest BCUT2D eigenvalue weighted by Gasteiger charge is 2.19. The van der Waals surface area contributed by atoms with Crippen molar-refractivity contribution in [3.05, 3.63) is 28.4 Å². The Labute approximate surface area is 106 Å². The Morgan fingerprint density at radius 1 is 1.61 bits per heavy atom. The molecule has 0 saturated carbocycles. The highest BCUT2D eigenvalue weighted by atomic mass is 16.6. The molecular weight excluding hydrogens is 234 g/mol. The van der Waals surface area contributed by atoms with Gasteiger partial charge in [-0.25, -0.2) is 4.98 Å². The van der Waals surface area contributed by atoms with Crippen molar-refractivity contribution in [2.45, 2.75) is 25.9 Å². The SMILES string of the molecule is CCN(CC1CCCO1)c1ccc([N+](=O)[O-])cn1. The maximum absolute atomic E-state index is 10.6. The van der Waals surface area contributed by atoms with Crippen LogP contribution in [0, 0.1) is 10.1 Å². The van der Waals surface area contributed by atoms with Crippen LogP contribution in [-0.4, -0.2) is 35.7 Å². The summed E-state index contributed by atoms with van der Waals surface area (Å²) in [4.78, 5) is 16.3. The van der Waals surface area contributed by atoms with Gasteiger partial charge < -0.3 is 9.64 Å². The summed E-state index contributed by atoms with van der Waals surface area (Å²) in [5.74, 6) is 0.763. The molecule has 0 aromatic carbocycles. The number of pyridine rings is 1. The zero-order valence-corrected chi connectivity index (χ0v) is 10.4. The number of likely N-dealkylation sites (N-methyl/N-ethyl adjacent to an activating group) is 1. The first-order valence-electron chi connectivity index (χ1n) is 6.17. The van der Waals surface area contributed by atoms with E-state index >= 15 is 0 Å². The number of nitrogens with zero attached hydrogens (tertiary/aromatic N) is 3. The molecule has 1 atom stereocenters. The van der Waals surface area contributed by atoms with E-state index in [0.717, 1.165) is 38.4 Å². The first-order chi connectivity index (χ1) is 8.70. The molecule has 1 aliphatic rings. The maximum atomic E-state index is 10.6. The Morgan fingerprint density at radius 2 is 2.44 bits per heavy atom. The Morgan fingerprint density at radius 3 is 2.94 bits per heavy atom. The molecule has 0 spiro atoms. The summed E-state index contributed by atoms with van der Waals surface area (Å²) in [6.45, 7) is 4.47. The van der Waals surface area contributed by atoms with Crippen molar-refractivity contribution in [3.8, 4) is 0 Å². The van der Waals surface area contributed by atoms with Gasteiger partial charge in [0, 0.05) is 25.8 Å². The lowest BCUT2D eigenvalue weighted by molar-refractivity contribution is -0.385. The van der Waals surface area contributed by atoms with Gasteiger partial charge >= 0.3 is 0 Å². The van der Waals surface area contributed by atoms with Crippen molar-refractivity contribution in [2.75, 3.05) is 24.6 Å². The second-order valence-corrected chi connectivity index (χ2v) is 4.31. The van der Waals surface area contributed by atoms with Crippen LogP contribution >= 0.6 is 0 Å². The van der Waals surface area contributed by atoms with E-state index in [1.807, 2.05) is 6.92 Å². The van der Waals surface area contributed by atoms with E-state index in [0.29, 0.717) is 0 Å². The van der Waals surface area contributed by atoms with Crippen molar-refractivity contribution in [1.82, 2.24) is 4.98 Å². The fraction of sp³-hybridized carbons (Fsp3) is 0.583. The summed E-state index contributed by atoms with van der Waals surface area (Å²) in [6, 6.07) is 3.18. The first kappa shape index (κ1) is 12.8. The monoisotopic (exact) mass is 251 g/mol. The number of hydrogen-bond acceptors (Lipinski definition) is 5. The van der Waals surface area contributed by atoms with Crippen LogP contribution in [0.5, 0.6) is 0 Å². The highest BCUT2D eigenvalue weighted by Crippen LogP contribution is 2.19.